The van der Waals surface area contributed by atoms with Gasteiger partial charge in [0.1, 0.15) is 0 Å². The molecule has 2 N–H and O–H groups in total. The average molecular weight is 485 g/mol. The van der Waals surface area contributed by atoms with E-state index in [-0.39, 0.29) is 47.5 Å². The van der Waals surface area contributed by atoms with Gasteiger partial charge >= 0.3 is 0 Å². The smallest absolute Gasteiger partial charge is 0.0967 e. The molecule has 34 heavy (non-hydrogen) atoms. The number of hydrogen-bond donors (Lipinski definition) is 2. The van der Waals surface area contributed by atoms with Crippen LogP contribution in [-0.2, 0) is 9.68 Å². The predicted octanol–water partition coefficient (Wildman–Crippen LogP) is 4.89. The summed E-state index contributed by atoms with van der Waals surface area (Å²) in [4.78, 5) is 12.2. The Kier molecular flexibility index (Phi) is 8.42. The SMILES string of the molecule is CC(C)(O)CON1C(C)(C)CC(N=NC2CC(C)(C)N(OCC(C)(C)O)C(C)(C)C2)CC1(C)C. The number of rotatable bonds is 8. The van der Waals surface area contributed by atoms with Crippen molar-refractivity contribution in [3.63, 3.8) is 0 Å². The zero-order chi connectivity index (χ0) is 26.4. The highest BCUT2D eigenvalue weighted by Gasteiger charge is 2.49. The maximum atomic E-state index is 10.1. The Bertz CT molecular complexity index is 623. The van der Waals surface area contributed by atoms with Crippen LogP contribution in [0, 0.1) is 0 Å². The van der Waals surface area contributed by atoms with Crippen LogP contribution in [0.25, 0.3) is 0 Å². The van der Waals surface area contributed by atoms with E-state index in [4.69, 9.17) is 19.9 Å². The number of azo groups is 1. The lowest BCUT2D eigenvalue weighted by Crippen LogP contribution is -2.62. The highest BCUT2D eigenvalue weighted by atomic mass is 16.7. The van der Waals surface area contributed by atoms with Crippen molar-refractivity contribution < 1.29 is 19.9 Å². The van der Waals surface area contributed by atoms with Gasteiger partial charge in [-0.25, -0.2) is 0 Å². The Morgan fingerprint density at radius 2 is 0.853 bits per heavy atom. The summed E-state index contributed by atoms with van der Waals surface area (Å²) in [6, 6.07) is 0.227. The molecule has 2 saturated heterocycles. The Hall–Kier alpha value is -0.640. The van der Waals surface area contributed by atoms with Crippen molar-refractivity contribution in [3.05, 3.63) is 0 Å². The van der Waals surface area contributed by atoms with Gasteiger partial charge in [0.25, 0.3) is 0 Å². The molecule has 2 aliphatic heterocycles. The molecule has 0 aromatic rings. The molecule has 8 nitrogen and oxygen atoms in total. The molecular weight excluding hydrogens is 432 g/mol. The largest absolute Gasteiger partial charge is 0.388 e. The number of nitrogens with zero attached hydrogens (tertiary/aromatic N) is 4. The molecule has 0 amide bonds. The second-order valence-corrected chi connectivity index (χ2v) is 14.4. The fourth-order valence-corrected chi connectivity index (χ4v) is 5.92. The fraction of sp³-hybridized carbons (Fsp3) is 1.00. The van der Waals surface area contributed by atoms with Crippen molar-refractivity contribution in [2.45, 2.75) is 154 Å². The summed E-state index contributed by atoms with van der Waals surface area (Å²) in [6.45, 7) is 24.9. The van der Waals surface area contributed by atoms with Crippen LogP contribution >= 0.6 is 0 Å². The summed E-state index contributed by atoms with van der Waals surface area (Å²) >= 11 is 0. The molecule has 0 spiro atoms. The summed E-state index contributed by atoms with van der Waals surface area (Å²) < 4.78 is 0. The van der Waals surface area contributed by atoms with Crippen molar-refractivity contribution >= 4 is 0 Å². The quantitative estimate of drug-likeness (QED) is 0.477. The second-order valence-electron chi connectivity index (χ2n) is 14.4. The molecule has 0 aliphatic carbocycles. The van der Waals surface area contributed by atoms with Gasteiger partial charge in [0.15, 0.2) is 0 Å². The van der Waals surface area contributed by atoms with Crippen molar-refractivity contribution in [1.29, 1.82) is 0 Å². The van der Waals surface area contributed by atoms with E-state index in [1.165, 1.54) is 0 Å². The average Bonchev–Trinajstić information content (AvgIpc) is 2.53. The molecule has 2 fully saturated rings. The van der Waals surface area contributed by atoms with Gasteiger partial charge < -0.3 is 10.2 Å². The first-order valence-corrected chi connectivity index (χ1v) is 12.8. The van der Waals surface area contributed by atoms with Crippen LogP contribution in [0.4, 0.5) is 0 Å². The van der Waals surface area contributed by atoms with Gasteiger partial charge in [-0.2, -0.15) is 20.4 Å². The predicted molar refractivity (Wildman–Crippen MR) is 135 cm³/mol. The lowest BCUT2D eigenvalue weighted by atomic mass is 9.78. The summed E-state index contributed by atoms with van der Waals surface area (Å²) in [5.41, 5.74) is -2.69. The lowest BCUT2D eigenvalue weighted by molar-refractivity contribution is -0.299. The Labute approximate surface area is 208 Å². The van der Waals surface area contributed by atoms with Gasteiger partial charge in [-0.15, -0.1) is 0 Å². The van der Waals surface area contributed by atoms with Crippen molar-refractivity contribution in [1.82, 2.24) is 10.1 Å². The van der Waals surface area contributed by atoms with Crippen LogP contribution in [0.1, 0.15) is 109 Å². The number of piperidine rings is 2. The molecule has 0 saturated carbocycles. The minimum absolute atomic E-state index is 0.114. The standard InChI is InChI=1S/C26H52N4O4/c1-21(2)13-19(14-22(3,4)29(21)33-17-25(9,10)31)27-28-20-15-23(5,6)30(24(7,8)16-20)34-18-26(11,12)32/h19-20,31-32H,13-18H2,1-12H3. The van der Waals surface area contributed by atoms with Crippen LogP contribution in [0.3, 0.4) is 0 Å². The van der Waals surface area contributed by atoms with E-state index in [0.29, 0.717) is 0 Å². The zero-order valence-corrected chi connectivity index (χ0v) is 23.9. The third-order valence-corrected chi connectivity index (χ3v) is 6.63. The van der Waals surface area contributed by atoms with Crippen molar-refractivity contribution in [2.24, 2.45) is 10.2 Å². The van der Waals surface area contributed by atoms with E-state index in [2.05, 4.69) is 65.5 Å². The minimum atomic E-state index is -0.881. The van der Waals surface area contributed by atoms with E-state index < -0.39 is 11.2 Å². The monoisotopic (exact) mass is 484 g/mol. The molecule has 2 heterocycles. The topological polar surface area (TPSA) is 90.1 Å². The van der Waals surface area contributed by atoms with E-state index in [1.54, 1.807) is 27.7 Å². The first kappa shape index (κ1) is 29.6. The normalized spacial score (nSPS) is 26.9. The van der Waals surface area contributed by atoms with E-state index >= 15 is 0 Å². The maximum Gasteiger partial charge on any atom is 0.0967 e. The van der Waals surface area contributed by atoms with Gasteiger partial charge in [0, 0.05) is 22.2 Å². The van der Waals surface area contributed by atoms with E-state index in [0.717, 1.165) is 25.7 Å². The van der Waals surface area contributed by atoms with Crippen LogP contribution < -0.4 is 0 Å². The second kappa shape index (κ2) is 9.67. The summed E-state index contributed by atoms with van der Waals surface area (Å²) in [6.07, 6.45) is 3.36. The van der Waals surface area contributed by atoms with Gasteiger partial charge in [0.2, 0.25) is 0 Å². The van der Waals surface area contributed by atoms with Gasteiger partial charge in [0.05, 0.1) is 36.5 Å². The minimum Gasteiger partial charge on any atom is -0.388 e. The molecule has 0 radical (unpaired) electrons. The van der Waals surface area contributed by atoms with Gasteiger partial charge in [-0.05, 0) is 109 Å². The molecule has 8 heteroatoms. The first-order chi connectivity index (χ1) is 15.0. The Morgan fingerprint density at radius 3 is 1.06 bits per heavy atom. The molecule has 200 valence electrons. The number of hydroxylamine groups is 4. The molecule has 2 rings (SSSR count). The van der Waals surface area contributed by atoms with E-state index in [9.17, 15) is 10.2 Å². The maximum absolute atomic E-state index is 10.1. The highest BCUT2D eigenvalue weighted by Crippen LogP contribution is 2.42. The van der Waals surface area contributed by atoms with Gasteiger partial charge in [-0.1, -0.05) is 0 Å². The third kappa shape index (κ3) is 7.93. The van der Waals surface area contributed by atoms with Crippen LogP contribution in [0.15, 0.2) is 10.2 Å². The molecule has 0 bridgehead atoms. The van der Waals surface area contributed by atoms with Crippen LogP contribution in [0.2, 0.25) is 0 Å². The zero-order valence-electron chi connectivity index (χ0n) is 23.9. The number of aliphatic hydroxyl groups is 2. The van der Waals surface area contributed by atoms with Crippen molar-refractivity contribution in [2.75, 3.05) is 13.2 Å². The van der Waals surface area contributed by atoms with E-state index in [1.807, 2.05) is 0 Å². The Balaban J connectivity index is 2.10. The van der Waals surface area contributed by atoms with Crippen molar-refractivity contribution in [3.8, 4) is 0 Å². The molecule has 0 aromatic heterocycles. The van der Waals surface area contributed by atoms with Gasteiger partial charge in [-0.3, -0.25) is 9.68 Å². The first-order valence-electron chi connectivity index (χ1n) is 12.8. The molecule has 0 unspecified atom stereocenters. The molecular formula is C26H52N4O4. The van der Waals surface area contributed by atoms with Crippen LogP contribution in [-0.4, -0.2) is 79.0 Å². The molecule has 2 aliphatic rings. The lowest BCUT2D eigenvalue weighted by Gasteiger charge is -2.54. The fourth-order valence-electron chi connectivity index (χ4n) is 5.92. The third-order valence-electron chi connectivity index (χ3n) is 6.63. The Morgan fingerprint density at radius 1 is 0.618 bits per heavy atom. The summed E-state index contributed by atoms with van der Waals surface area (Å²) in [5, 5.41) is 34.1. The highest BCUT2D eigenvalue weighted by molar-refractivity contribution is 5.01. The summed E-state index contributed by atoms with van der Waals surface area (Å²) in [5.74, 6) is 0. The molecule has 0 atom stereocenters. The molecule has 0 aromatic carbocycles. The number of hydrogen-bond acceptors (Lipinski definition) is 8. The summed E-state index contributed by atoms with van der Waals surface area (Å²) in [7, 11) is 0. The van der Waals surface area contributed by atoms with Crippen LogP contribution in [0.5, 0.6) is 0 Å².